The van der Waals surface area contributed by atoms with E-state index < -0.39 is 0 Å². The van der Waals surface area contributed by atoms with Crippen LogP contribution in [0.2, 0.25) is 0 Å². The Morgan fingerprint density at radius 2 is 1.88 bits per heavy atom. The number of fused-ring (bicyclic) bond motifs is 1. The van der Waals surface area contributed by atoms with Gasteiger partial charge in [-0.25, -0.2) is 4.79 Å². The molecule has 1 atom stereocenters. The molecule has 0 aromatic heterocycles. The molecule has 1 N–H and O–H groups in total. The second-order valence-electron chi connectivity index (χ2n) is 7.14. The van der Waals surface area contributed by atoms with Crippen molar-refractivity contribution in [3.05, 3.63) is 29.8 Å². The standard InChI is InChI=1S/C19H27N3O2S/c23-19(20-16-13-15-3-1-2-4-18(15)24-14-16)22-7-5-17(6-8-22)21-9-11-25-12-10-21/h1-4,16-17H,5-14H2,(H,20,23)/t16-/m0/s1. The molecule has 6 heteroatoms. The Hall–Kier alpha value is -1.40. The van der Waals surface area contributed by atoms with Gasteiger partial charge in [-0.3, -0.25) is 4.90 Å². The fourth-order valence-corrected chi connectivity index (χ4v) is 4.99. The number of rotatable bonds is 2. The molecule has 136 valence electrons. The van der Waals surface area contributed by atoms with Gasteiger partial charge in [0, 0.05) is 43.7 Å². The Labute approximate surface area is 154 Å². The van der Waals surface area contributed by atoms with Crippen molar-refractivity contribution in [2.45, 2.75) is 31.3 Å². The van der Waals surface area contributed by atoms with Crippen molar-refractivity contribution < 1.29 is 9.53 Å². The van der Waals surface area contributed by atoms with Gasteiger partial charge in [-0.15, -0.1) is 0 Å². The lowest BCUT2D eigenvalue weighted by molar-refractivity contribution is 0.121. The average molecular weight is 362 g/mol. The smallest absolute Gasteiger partial charge is 0.317 e. The minimum absolute atomic E-state index is 0.0687. The SMILES string of the molecule is O=C(N[C@@H]1COc2ccccc2C1)N1CCC(N2CCSCC2)CC1. The van der Waals surface area contributed by atoms with Crippen molar-refractivity contribution in [3.63, 3.8) is 0 Å². The molecule has 2 amide bonds. The van der Waals surface area contributed by atoms with Crippen LogP contribution < -0.4 is 10.1 Å². The Kier molecular flexibility index (Phi) is 5.36. The van der Waals surface area contributed by atoms with Crippen molar-refractivity contribution in [1.82, 2.24) is 15.1 Å². The number of urea groups is 1. The summed E-state index contributed by atoms with van der Waals surface area (Å²) >= 11 is 2.05. The third-order valence-corrected chi connectivity index (χ3v) is 6.46. The third-order valence-electron chi connectivity index (χ3n) is 5.52. The van der Waals surface area contributed by atoms with Gasteiger partial charge in [0.15, 0.2) is 0 Å². The zero-order chi connectivity index (χ0) is 17.1. The molecule has 3 aliphatic heterocycles. The van der Waals surface area contributed by atoms with Crippen LogP contribution in [0.5, 0.6) is 5.75 Å². The van der Waals surface area contributed by atoms with Gasteiger partial charge in [0.05, 0.1) is 6.04 Å². The second kappa shape index (κ2) is 7.87. The van der Waals surface area contributed by atoms with Crippen molar-refractivity contribution in [2.24, 2.45) is 0 Å². The summed E-state index contributed by atoms with van der Waals surface area (Å²) in [5, 5.41) is 3.17. The number of piperidine rings is 1. The van der Waals surface area contributed by atoms with Gasteiger partial charge in [-0.05, 0) is 30.9 Å². The number of para-hydroxylation sites is 1. The maximum atomic E-state index is 12.6. The summed E-state index contributed by atoms with van der Waals surface area (Å²) in [5.41, 5.74) is 1.18. The zero-order valence-corrected chi connectivity index (χ0v) is 15.5. The first-order valence-corrected chi connectivity index (χ1v) is 10.5. The number of thioether (sulfide) groups is 1. The highest BCUT2D eigenvalue weighted by molar-refractivity contribution is 7.99. The fraction of sp³-hybridized carbons (Fsp3) is 0.632. The predicted octanol–water partition coefficient (Wildman–Crippen LogP) is 2.21. The maximum Gasteiger partial charge on any atom is 0.317 e. The van der Waals surface area contributed by atoms with Crippen LogP contribution in [0, 0.1) is 0 Å². The average Bonchev–Trinajstić information content (AvgIpc) is 2.69. The normalized spacial score (nSPS) is 25.1. The number of hydrogen-bond acceptors (Lipinski definition) is 4. The van der Waals surface area contributed by atoms with Gasteiger partial charge in [0.2, 0.25) is 0 Å². The van der Waals surface area contributed by atoms with E-state index in [0.29, 0.717) is 12.6 Å². The first-order chi connectivity index (χ1) is 12.3. The van der Waals surface area contributed by atoms with Crippen LogP contribution in [0.3, 0.4) is 0 Å². The van der Waals surface area contributed by atoms with Gasteiger partial charge < -0.3 is 15.0 Å². The highest BCUT2D eigenvalue weighted by Crippen LogP contribution is 2.24. The van der Waals surface area contributed by atoms with Gasteiger partial charge >= 0.3 is 6.03 Å². The summed E-state index contributed by atoms with van der Waals surface area (Å²) < 4.78 is 5.78. The minimum Gasteiger partial charge on any atom is -0.491 e. The van der Waals surface area contributed by atoms with E-state index in [-0.39, 0.29) is 12.1 Å². The van der Waals surface area contributed by atoms with Crippen LogP contribution in [0.4, 0.5) is 4.79 Å². The molecule has 25 heavy (non-hydrogen) atoms. The number of nitrogens with zero attached hydrogens (tertiary/aromatic N) is 2. The van der Waals surface area contributed by atoms with Crippen LogP contribution in [0.25, 0.3) is 0 Å². The van der Waals surface area contributed by atoms with E-state index in [2.05, 4.69) is 28.0 Å². The van der Waals surface area contributed by atoms with E-state index in [1.54, 1.807) is 0 Å². The summed E-state index contributed by atoms with van der Waals surface area (Å²) in [6.45, 7) is 4.71. The molecule has 0 bridgehead atoms. The molecule has 3 heterocycles. The summed E-state index contributed by atoms with van der Waals surface area (Å²) in [7, 11) is 0. The highest BCUT2D eigenvalue weighted by atomic mass is 32.2. The molecule has 0 spiro atoms. The molecule has 4 rings (SSSR count). The van der Waals surface area contributed by atoms with Crippen LogP contribution in [0.1, 0.15) is 18.4 Å². The van der Waals surface area contributed by atoms with Crippen LogP contribution in [-0.2, 0) is 6.42 Å². The van der Waals surface area contributed by atoms with Crippen LogP contribution >= 0.6 is 11.8 Å². The Bertz CT molecular complexity index is 598. The van der Waals surface area contributed by atoms with E-state index in [1.807, 2.05) is 23.1 Å². The van der Waals surface area contributed by atoms with E-state index in [0.717, 1.165) is 38.1 Å². The number of likely N-dealkylation sites (tertiary alicyclic amines) is 1. The summed E-state index contributed by atoms with van der Waals surface area (Å²) in [6, 6.07) is 8.89. The molecular formula is C19H27N3O2S. The summed E-state index contributed by atoms with van der Waals surface area (Å²) in [6.07, 6.45) is 3.05. The molecule has 5 nitrogen and oxygen atoms in total. The molecule has 0 unspecified atom stereocenters. The van der Waals surface area contributed by atoms with Crippen molar-refractivity contribution >= 4 is 17.8 Å². The lowest BCUT2D eigenvalue weighted by Gasteiger charge is -2.40. The summed E-state index contributed by atoms with van der Waals surface area (Å²) in [5.74, 6) is 3.46. The molecule has 2 fully saturated rings. The Balaban J connectivity index is 1.25. The summed E-state index contributed by atoms with van der Waals surface area (Å²) in [4.78, 5) is 17.2. The van der Waals surface area contributed by atoms with E-state index >= 15 is 0 Å². The van der Waals surface area contributed by atoms with Crippen molar-refractivity contribution in [1.29, 1.82) is 0 Å². The Morgan fingerprint density at radius 3 is 2.68 bits per heavy atom. The molecule has 2 saturated heterocycles. The van der Waals surface area contributed by atoms with Gasteiger partial charge in [0.1, 0.15) is 12.4 Å². The van der Waals surface area contributed by atoms with Crippen LogP contribution in [-0.4, -0.2) is 72.2 Å². The van der Waals surface area contributed by atoms with E-state index in [1.165, 1.54) is 30.2 Å². The van der Waals surface area contributed by atoms with Crippen molar-refractivity contribution in [2.75, 3.05) is 44.3 Å². The van der Waals surface area contributed by atoms with Gasteiger partial charge in [-0.1, -0.05) is 18.2 Å². The lowest BCUT2D eigenvalue weighted by Crippen LogP contribution is -2.53. The number of benzene rings is 1. The number of ether oxygens (including phenoxy) is 1. The van der Waals surface area contributed by atoms with Gasteiger partial charge in [0.25, 0.3) is 0 Å². The van der Waals surface area contributed by atoms with Crippen LogP contribution in [0.15, 0.2) is 24.3 Å². The third kappa shape index (κ3) is 4.06. The number of carbonyl (C=O) groups excluding carboxylic acids is 1. The first-order valence-electron chi connectivity index (χ1n) is 9.37. The maximum absolute atomic E-state index is 12.6. The molecular weight excluding hydrogens is 334 g/mol. The second-order valence-corrected chi connectivity index (χ2v) is 8.36. The quantitative estimate of drug-likeness (QED) is 0.877. The zero-order valence-electron chi connectivity index (χ0n) is 14.7. The molecule has 1 aromatic rings. The number of carbonyl (C=O) groups is 1. The number of nitrogens with one attached hydrogen (secondary N) is 1. The minimum atomic E-state index is 0.0687. The topological polar surface area (TPSA) is 44.8 Å². The molecule has 0 radical (unpaired) electrons. The largest absolute Gasteiger partial charge is 0.491 e. The molecule has 1 aromatic carbocycles. The predicted molar refractivity (Wildman–Crippen MR) is 101 cm³/mol. The monoisotopic (exact) mass is 361 g/mol. The van der Waals surface area contributed by atoms with Gasteiger partial charge in [-0.2, -0.15) is 11.8 Å². The van der Waals surface area contributed by atoms with E-state index in [9.17, 15) is 4.79 Å². The lowest BCUT2D eigenvalue weighted by atomic mass is 10.0. The van der Waals surface area contributed by atoms with E-state index in [4.69, 9.17) is 4.74 Å². The molecule has 0 aliphatic carbocycles. The highest BCUT2D eigenvalue weighted by Gasteiger charge is 2.29. The fourth-order valence-electron chi connectivity index (χ4n) is 4.06. The molecule has 3 aliphatic rings. The Morgan fingerprint density at radius 1 is 1.12 bits per heavy atom. The molecule has 0 saturated carbocycles. The first kappa shape index (κ1) is 17.0. The number of amides is 2. The number of hydrogen-bond donors (Lipinski definition) is 1. The van der Waals surface area contributed by atoms with Crippen molar-refractivity contribution in [3.8, 4) is 5.75 Å².